The smallest absolute Gasteiger partial charge is 0.314 e. The third-order valence-electron chi connectivity index (χ3n) is 7.76. The van der Waals surface area contributed by atoms with Crippen LogP contribution in [0.3, 0.4) is 0 Å². The zero-order chi connectivity index (χ0) is 30.3. The van der Waals surface area contributed by atoms with Crippen molar-refractivity contribution in [1.82, 2.24) is 15.5 Å². The van der Waals surface area contributed by atoms with Crippen molar-refractivity contribution in [3.63, 3.8) is 0 Å². The van der Waals surface area contributed by atoms with Crippen molar-refractivity contribution < 1.29 is 19.1 Å². The summed E-state index contributed by atoms with van der Waals surface area (Å²) in [5.74, 6) is 1.43. The molecule has 0 atom stereocenters. The van der Waals surface area contributed by atoms with Crippen molar-refractivity contribution in [3.8, 4) is 11.5 Å². The third kappa shape index (κ3) is 5.93. The van der Waals surface area contributed by atoms with E-state index in [9.17, 15) is 9.59 Å². The Balaban J connectivity index is 1.94. The molecule has 3 aromatic rings. The number of carbonyl (C=O) groups excluding carboxylic acids is 2. The summed E-state index contributed by atoms with van der Waals surface area (Å²) >= 11 is 0. The fourth-order valence-electron chi connectivity index (χ4n) is 5.81. The molecule has 3 aromatic carbocycles. The van der Waals surface area contributed by atoms with Gasteiger partial charge in [-0.2, -0.15) is 0 Å². The van der Waals surface area contributed by atoms with Gasteiger partial charge < -0.3 is 30.7 Å². The average molecular weight is 574 g/mol. The first kappa shape index (κ1) is 30.9. The lowest BCUT2D eigenvalue weighted by Crippen LogP contribution is -2.51. The molecule has 0 bridgehead atoms. The lowest BCUT2D eigenvalue weighted by atomic mass is 9.71. The second kappa shape index (κ2) is 13.7. The molecule has 1 aliphatic rings. The van der Waals surface area contributed by atoms with E-state index in [0.29, 0.717) is 43.3 Å². The van der Waals surface area contributed by atoms with Crippen LogP contribution in [0.1, 0.15) is 52.0 Å². The molecule has 0 saturated heterocycles. The van der Waals surface area contributed by atoms with Crippen molar-refractivity contribution in [2.24, 2.45) is 0 Å². The van der Waals surface area contributed by atoms with E-state index < -0.39 is 5.54 Å². The monoisotopic (exact) mass is 573 g/mol. The number of benzene rings is 3. The largest absolute Gasteiger partial charge is 0.456 e. The lowest BCUT2D eigenvalue weighted by Gasteiger charge is -2.48. The van der Waals surface area contributed by atoms with Crippen molar-refractivity contribution in [3.05, 3.63) is 81.9 Å². The molecule has 1 aliphatic heterocycles. The van der Waals surface area contributed by atoms with Gasteiger partial charge in [0.25, 0.3) is 0 Å². The summed E-state index contributed by atoms with van der Waals surface area (Å²) in [6.07, 6.45) is 0.918. The van der Waals surface area contributed by atoms with Gasteiger partial charge >= 0.3 is 6.03 Å². The predicted molar refractivity (Wildman–Crippen MR) is 168 cm³/mol. The Kier molecular flexibility index (Phi) is 10.1. The Hall–Kier alpha value is -4.08. The summed E-state index contributed by atoms with van der Waals surface area (Å²) in [7, 11) is 3.63. The molecule has 0 aromatic heterocycles. The quantitative estimate of drug-likeness (QED) is 0.164. The van der Waals surface area contributed by atoms with Gasteiger partial charge in [-0.25, -0.2) is 4.79 Å². The highest BCUT2D eigenvalue weighted by Crippen LogP contribution is 2.55. The average Bonchev–Trinajstić information content (AvgIpc) is 2.98. The standard InChI is InChI=1S/C33H43N5O4/c1-7-34-28-19-30-26(17-22(28)3)33(25-12-10-9-11-24(25)21-39,38(5)15-13-36-32(40)37-14-16-41-6)27-18-23(4)29(35-8-2)20-31(27)42-30/h9-12,17-21,34-35H,7-8,13-16H2,1-6H3,(H2,36,37,40). The minimum absolute atomic E-state index is 0.257. The molecule has 224 valence electrons. The molecular formula is C33H43N5O4. The number of urea groups is 1. The molecule has 0 unspecified atom stereocenters. The van der Waals surface area contributed by atoms with Crippen LogP contribution >= 0.6 is 0 Å². The molecule has 0 saturated carbocycles. The van der Waals surface area contributed by atoms with Gasteiger partial charge in [-0.1, -0.05) is 24.3 Å². The van der Waals surface area contributed by atoms with Crippen LogP contribution in [0.4, 0.5) is 16.2 Å². The SMILES string of the molecule is CCNc1cc2c(cc1C)C(c1ccccc1C=O)(N(C)CCNC(=O)NCCOC)c1cc(C)c(NCC)cc1O2. The summed E-state index contributed by atoms with van der Waals surface area (Å²) in [5.41, 5.74) is 6.55. The number of fused-ring (bicyclic) bond motifs is 2. The number of rotatable bonds is 13. The molecule has 0 aliphatic carbocycles. The number of ether oxygens (including phenoxy) is 2. The number of hydrogen-bond donors (Lipinski definition) is 4. The van der Waals surface area contributed by atoms with Gasteiger partial charge in [0, 0.05) is 80.0 Å². The highest BCUT2D eigenvalue weighted by molar-refractivity contribution is 5.81. The first-order valence-electron chi connectivity index (χ1n) is 14.5. The zero-order valence-electron chi connectivity index (χ0n) is 25.5. The fraction of sp³-hybridized carbons (Fsp3) is 0.394. The number of methoxy groups -OCH3 is 1. The van der Waals surface area contributed by atoms with Crippen LogP contribution in [0.2, 0.25) is 0 Å². The first-order chi connectivity index (χ1) is 20.3. The van der Waals surface area contributed by atoms with Gasteiger partial charge in [-0.15, -0.1) is 0 Å². The van der Waals surface area contributed by atoms with Gasteiger partial charge in [0.05, 0.1) is 6.61 Å². The van der Waals surface area contributed by atoms with Gasteiger partial charge in [-0.3, -0.25) is 9.69 Å². The van der Waals surface area contributed by atoms with Crippen LogP contribution in [-0.4, -0.2) is 70.7 Å². The Morgan fingerprint density at radius 1 is 0.905 bits per heavy atom. The third-order valence-corrected chi connectivity index (χ3v) is 7.76. The van der Waals surface area contributed by atoms with Crippen molar-refractivity contribution in [2.75, 3.05) is 64.1 Å². The number of hydrogen-bond acceptors (Lipinski definition) is 7. The van der Waals surface area contributed by atoms with E-state index in [-0.39, 0.29) is 6.03 Å². The van der Waals surface area contributed by atoms with Crippen LogP contribution in [0.5, 0.6) is 11.5 Å². The Morgan fingerprint density at radius 3 is 2.02 bits per heavy atom. The van der Waals surface area contributed by atoms with E-state index in [1.807, 2.05) is 31.3 Å². The molecule has 0 fully saturated rings. The fourth-order valence-corrected chi connectivity index (χ4v) is 5.81. The molecule has 0 spiro atoms. The van der Waals surface area contributed by atoms with Gasteiger partial charge in [-0.05, 0) is 63.6 Å². The summed E-state index contributed by atoms with van der Waals surface area (Å²) in [6, 6.07) is 15.9. The molecule has 9 nitrogen and oxygen atoms in total. The first-order valence-corrected chi connectivity index (χ1v) is 14.5. The maximum absolute atomic E-state index is 12.6. The van der Waals surface area contributed by atoms with Gasteiger partial charge in [0.15, 0.2) is 0 Å². The van der Waals surface area contributed by atoms with Crippen LogP contribution in [-0.2, 0) is 10.3 Å². The number of nitrogens with one attached hydrogen (secondary N) is 4. The number of aldehydes is 1. The van der Waals surface area contributed by atoms with E-state index in [1.165, 1.54) is 0 Å². The molecular weight excluding hydrogens is 530 g/mol. The van der Waals surface area contributed by atoms with Crippen molar-refractivity contribution >= 4 is 23.7 Å². The minimum Gasteiger partial charge on any atom is -0.456 e. The van der Waals surface area contributed by atoms with Crippen LogP contribution in [0.25, 0.3) is 0 Å². The summed E-state index contributed by atoms with van der Waals surface area (Å²) in [5, 5.41) is 12.7. The zero-order valence-corrected chi connectivity index (χ0v) is 25.5. The number of amides is 2. The topological polar surface area (TPSA) is 104 Å². The normalized spacial score (nSPS) is 13.0. The molecule has 9 heteroatoms. The summed E-state index contributed by atoms with van der Waals surface area (Å²) < 4.78 is 11.7. The molecule has 0 radical (unpaired) electrons. The number of anilines is 2. The second-order valence-electron chi connectivity index (χ2n) is 10.5. The van der Waals surface area contributed by atoms with Crippen LogP contribution < -0.4 is 26.0 Å². The maximum atomic E-state index is 12.6. The Labute approximate surface area is 249 Å². The van der Waals surface area contributed by atoms with Crippen molar-refractivity contribution in [1.29, 1.82) is 0 Å². The minimum atomic E-state index is -0.889. The van der Waals surface area contributed by atoms with E-state index in [4.69, 9.17) is 9.47 Å². The maximum Gasteiger partial charge on any atom is 0.314 e. The van der Waals surface area contributed by atoms with Crippen LogP contribution in [0.15, 0.2) is 48.5 Å². The molecule has 42 heavy (non-hydrogen) atoms. The number of carbonyl (C=O) groups is 2. The Morgan fingerprint density at radius 2 is 1.48 bits per heavy atom. The lowest BCUT2D eigenvalue weighted by molar-refractivity contribution is 0.111. The molecule has 4 N–H and O–H groups in total. The van der Waals surface area contributed by atoms with Crippen molar-refractivity contribution in [2.45, 2.75) is 33.2 Å². The number of likely N-dealkylation sites (N-methyl/N-ethyl adjacent to an activating group) is 1. The second-order valence-corrected chi connectivity index (χ2v) is 10.5. The predicted octanol–water partition coefficient (Wildman–Crippen LogP) is 5.25. The number of nitrogens with zero attached hydrogens (tertiary/aromatic N) is 1. The summed E-state index contributed by atoms with van der Waals surface area (Å²) in [4.78, 5) is 27.2. The highest BCUT2D eigenvalue weighted by atomic mass is 16.5. The summed E-state index contributed by atoms with van der Waals surface area (Å²) in [6.45, 7) is 11.6. The van der Waals surface area contributed by atoms with E-state index in [2.05, 4.69) is 78.1 Å². The van der Waals surface area contributed by atoms with Gasteiger partial charge in [0.1, 0.15) is 23.3 Å². The van der Waals surface area contributed by atoms with Crippen LogP contribution in [0, 0.1) is 13.8 Å². The van der Waals surface area contributed by atoms with Gasteiger partial charge in [0.2, 0.25) is 0 Å². The van der Waals surface area contributed by atoms with E-state index in [1.54, 1.807) is 7.11 Å². The van der Waals surface area contributed by atoms with E-state index in [0.717, 1.165) is 58.6 Å². The Bertz CT molecular complexity index is 1360. The van der Waals surface area contributed by atoms with E-state index >= 15 is 0 Å². The molecule has 1 heterocycles. The highest BCUT2D eigenvalue weighted by Gasteiger charge is 2.48. The molecule has 2 amide bonds. The number of aryl methyl sites for hydroxylation is 2. The molecule has 4 rings (SSSR count).